The van der Waals surface area contributed by atoms with Gasteiger partial charge in [-0.25, -0.2) is 0 Å². The van der Waals surface area contributed by atoms with Gasteiger partial charge in [0, 0.05) is 89.7 Å². The van der Waals surface area contributed by atoms with Crippen LogP contribution >= 0.6 is 0 Å². The fraction of sp³-hybridized carbons (Fsp3) is 0.346. The van der Waals surface area contributed by atoms with Gasteiger partial charge < -0.3 is 73.8 Å². The minimum Gasteiger partial charge on any atom is -0.489 e. The first-order valence-electron chi connectivity index (χ1n) is 37.7. The van der Waals surface area contributed by atoms with Crippen molar-refractivity contribution in [3.63, 3.8) is 0 Å². The van der Waals surface area contributed by atoms with Gasteiger partial charge in [0.2, 0.25) is 35.4 Å². The van der Waals surface area contributed by atoms with Crippen molar-refractivity contribution >= 4 is 53.2 Å². The first kappa shape index (κ1) is 59.9. The molecule has 9 heterocycles. The summed E-state index contributed by atoms with van der Waals surface area (Å²) in [5.41, 5.74) is 7.80. The predicted molar refractivity (Wildman–Crippen MR) is 371 cm³/mol. The number of allylic oxidation sites excluding steroid dienone is 3. The Hall–Kier alpha value is -11.0. The number of nitrogens with one attached hydrogen (secondary N) is 3. The highest BCUT2D eigenvalue weighted by Gasteiger charge is 2.43. The molecule has 528 valence electrons. The molecule has 0 bridgehead atoms. The molecule has 6 fully saturated rings. The lowest BCUT2D eigenvalue weighted by Gasteiger charge is -2.31. The van der Waals surface area contributed by atoms with Crippen LogP contribution in [0.5, 0.6) is 17.2 Å². The van der Waals surface area contributed by atoms with Crippen LogP contribution in [0.25, 0.3) is 0 Å². The average molecular weight is 1390 g/mol. The summed E-state index contributed by atoms with van der Waals surface area (Å²) in [6.45, 7) is 12.1. The van der Waals surface area contributed by atoms with Crippen LogP contribution < -0.4 is 30.2 Å². The van der Waals surface area contributed by atoms with Gasteiger partial charge in [0.1, 0.15) is 75.0 Å². The summed E-state index contributed by atoms with van der Waals surface area (Å²) >= 11 is 0. The van der Waals surface area contributed by atoms with Crippen molar-refractivity contribution in [3.8, 4) is 17.2 Å². The molecule has 3 N–H and O–H groups in total. The number of ether oxygens (including phenoxy) is 6. The standard InChI is InChI=1S/3C26H27N3O5/c3*1-17-5-10-22(25(31)27-17)29-14-21-20(26(29)32)3-2-4-23(21)34-15-19-8-6-18(7-9-19)13-28-11-12-33-16-24(28)30/h3*2-4,6-9,22H,1,5,10-16H2,(H,27,31)/i3D,14D2;2D,14D2;2D,4D. The van der Waals surface area contributed by atoms with Crippen molar-refractivity contribution in [2.24, 2.45) is 0 Å². The zero-order chi connectivity index (χ0) is 78.0. The number of carbonyl (C=O) groups excluding carboxylic acids is 9. The van der Waals surface area contributed by atoms with Crippen molar-refractivity contribution < 1.29 is 82.5 Å². The average Bonchev–Trinajstić information content (AvgIpc) is 1.57. The van der Waals surface area contributed by atoms with E-state index in [0.717, 1.165) is 43.2 Å². The molecule has 24 heteroatoms. The van der Waals surface area contributed by atoms with Crippen LogP contribution in [0.3, 0.4) is 0 Å². The molecule has 102 heavy (non-hydrogen) atoms. The van der Waals surface area contributed by atoms with Crippen molar-refractivity contribution in [2.45, 2.75) is 116 Å². The van der Waals surface area contributed by atoms with Gasteiger partial charge in [-0.2, -0.15) is 0 Å². The number of piperidine rings is 3. The monoisotopic (exact) mass is 1390 g/mol. The molecule has 9 amide bonds. The zero-order valence-corrected chi connectivity index (χ0v) is 56.0. The first-order valence-corrected chi connectivity index (χ1v) is 33.7. The molecule has 24 nitrogen and oxygen atoms in total. The molecule has 0 aliphatic carbocycles. The van der Waals surface area contributed by atoms with E-state index in [0.29, 0.717) is 113 Å². The van der Waals surface area contributed by atoms with Crippen LogP contribution in [-0.4, -0.2) is 160 Å². The summed E-state index contributed by atoms with van der Waals surface area (Å²) in [5.74, 6) is -2.61. The van der Waals surface area contributed by atoms with Crippen LogP contribution in [-0.2, 0) is 102 Å². The fourth-order valence-electron chi connectivity index (χ4n) is 13.0. The van der Waals surface area contributed by atoms with E-state index in [1.807, 2.05) is 72.8 Å². The van der Waals surface area contributed by atoms with Crippen molar-refractivity contribution in [2.75, 3.05) is 59.3 Å². The Kier molecular flexibility index (Phi) is 18.4. The maximum Gasteiger partial charge on any atom is 0.255 e. The second-order valence-corrected chi connectivity index (χ2v) is 25.7. The van der Waals surface area contributed by atoms with Crippen LogP contribution in [0, 0.1) is 0 Å². The molecule has 0 spiro atoms. The minimum absolute atomic E-state index is 0.00625. The molecule has 9 aliphatic rings. The maximum atomic E-state index is 13.3. The van der Waals surface area contributed by atoms with Gasteiger partial charge in [-0.1, -0.05) is 111 Å². The molecule has 3 atom stereocenters. The fourth-order valence-corrected chi connectivity index (χ4v) is 13.0. The summed E-state index contributed by atoms with van der Waals surface area (Å²) in [7, 11) is 0. The zero-order valence-electron chi connectivity index (χ0n) is 64.0. The van der Waals surface area contributed by atoms with E-state index in [1.165, 1.54) is 35.2 Å². The topological polar surface area (TPSA) is 265 Å². The van der Waals surface area contributed by atoms with E-state index >= 15 is 0 Å². The van der Waals surface area contributed by atoms with Crippen LogP contribution in [0.1, 0.15) is 131 Å². The Labute approximate surface area is 602 Å². The highest BCUT2D eigenvalue weighted by molar-refractivity contribution is 6.04. The summed E-state index contributed by atoms with van der Waals surface area (Å²) in [6, 6.07) is 26.7. The Morgan fingerprint density at radius 2 is 0.784 bits per heavy atom. The lowest BCUT2D eigenvalue weighted by molar-refractivity contribution is -0.144. The summed E-state index contributed by atoms with van der Waals surface area (Å²) in [5, 5.41) is 7.92. The van der Waals surface area contributed by atoms with Crippen molar-refractivity contribution in [3.05, 3.63) is 231 Å². The number of nitrogens with zero attached hydrogens (tertiary/aromatic N) is 6. The van der Waals surface area contributed by atoms with E-state index in [4.69, 9.17) is 39.4 Å². The largest absolute Gasteiger partial charge is 0.489 e. The Balaban J connectivity index is 0.000000145. The second-order valence-electron chi connectivity index (χ2n) is 25.7. The Bertz CT molecular complexity index is 4740. The molecular weight excluding hydrogens is 1300 g/mol. The number of carbonyl (C=O) groups is 9. The molecule has 6 aromatic carbocycles. The van der Waals surface area contributed by atoms with E-state index < -0.39 is 54.7 Å². The second kappa shape index (κ2) is 31.3. The number of rotatable bonds is 18. The third-order valence-corrected chi connectivity index (χ3v) is 18.7. The number of morpholine rings is 3. The van der Waals surface area contributed by atoms with Gasteiger partial charge in [0.25, 0.3) is 17.7 Å². The van der Waals surface area contributed by atoms with E-state index in [9.17, 15) is 43.2 Å². The lowest BCUT2D eigenvalue weighted by atomic mass is 10.0. The smallest absolute Gasteiger partial charge is 0.255 e. The van der Waals surface area contributed by atoms with E-state index in [-0.39, 0.29) is 152 Å². The Morgan fingerprint density at radius 3 is 1.22 bits per heavy atom. The lowest BCUT2D eigenvalue weighted by Crippen LogP contribution is -2.49. The molecule has 0 saturated carbocycles. The van der Waals surface area contributed by atoms with Gasteiger partial charge in [0.05, 0.1) is 50.3 Å². The third kappa shape index (κ3) is 15.9. The number of hydrogen-bond donors (Lipinski definition) is 3. The quantitative estimate of drug-likeness (QED) is 0.0774. The molecule has 6 saturated heterocycles. The van der Waals surface area contributed by atoms with Crippen LogP contribution in [0.4, 0.5) is 0 Å². The first-order chi connectivity index (χ1) is 52.6. The molecule has 6 aromatic rings. The van der Waals surface area contributed by atoms with E-state index in [1.54, 1.807) is 14.7 Å². The summed E-state index contributed by atoms with van der Waals surface area (Å²) in [4.78, 5) is 122. The highest BCUT2D eigenvalue weighted by Crippen LogP contribution is 2.38. The Morgan fingerprint density at radius 1 is 0.422 bits per heavy atom. The predicted octanol–water partition coefficient (Wildman–Crippen LogP) is 7.12. The van der Waals surface area contributed by atoms with Crippen LogP contribution in [0.15, 0.2) is 164 Å². The van der Waals surface area contributed by atoms with Crippen molar-refractivity contribution in [1.29, 1.82) is 0 Å². The van der Waals surface area contributed by atoms with Gasteiger partial charge >= 0.3 is 0 Å². The number of amides is 9. The van der Waals surface area contributed by atoms with Gasteiger partial charge in [-0.15, -0.1) is 0 Å². The van der Waals surface area contributed by atoms with Gasteiger partial charge in [-0.3, -0.25) is 43.2 Å². The van der Waals surface area contributed by atoms with Gasteiger partial charge in [0.15, 0.2) is 0 Å². The van der Waals surface area contributed by atoms with Crippen molar-refractivity contribution in [1.82, 2.24) is 45.3 Å². The molecular formula is C78H81N9O15. The number of benzene rings is 6. The molecule has 0 aromatic heterocycles. The highest BCUT2D eigenvalue weighted by atomic mass is 16.5. The normalized spacial score (nSPS) is 22.5. The molecule has 3 unspecified atom stereocenters. The molecule has 9 aliphatic heterocycles. The van der Waals surface area contributed by atoms with Crippen LogP contribution in [0.2, 0.25) is 0 Å². The molecule has 15 rings (SSSR count). The third-order valence-electron chi connectivity index (χ3n) is 18.7. The molecule has 0 radical (unpaired) electrons. The minimum atomic E-state index is -2.34. The summed E-state index contributed by atoms with van der Waals surface area (Å²) < 4.78 is 101. The SMILES string of the molecule is [2H]c1cc(OCc2ccc(CN3CCOCC3=O)cc2)c2c(c1)C(=O)N(C1CCC(=C)NC1=O)C2([2H])[2H].[2H]c1cc2c(c(OCc3ccc(CN4CCOCC4=O)cc3)c1[2H])CN(C1CCC(=C)NC1=O)C2=O.[2H]c1ccc(OCc2ccc(CN3CCOCC3=O)cc2)c2c1C(=O)N(C1CCC(=C)NC1=O)C2([2H])[2H]. The van der Waals surface area contributed by atoms with E-state index in [2.05, 4.69) is 35.7 Å². The number of hydrogen-bond acceptors (Lipinski definition) is 15. The van der Waals surface area contributed by atoms with Gasteiger partial charge in [-0.05, 0) is 108 Å². The number of fused-ring (bicyclic) bond motifs is 3. The summed E-state index contributed by atoms with van der Waals surface area (Å²) in [6.07, 6.45) is 2.44. The maximum absolute atomic E-state index is 13.3.